The van der Waals surface area contributed by atoms with Crippen molar-refractivity contribution >= 4 is 22.7 Å². The van der Waals surface area contributed by atoms with Crippen molar-refractivity contribution in [1.82, 2.24) is 15.5 Å². The van der Waals surface area contributed by atoms with Gasteiger partial charge in [-0.1, -0.05) is 41.6 Å². The van der Waals surface area contributed by atoms with Gasteiger partial charge in [-0.2, -0.15) is 0 Å². The van der Waals surface area contributed by atoms with Gasteiger partial charge in [0.25, 0.3) is 0 Å². The number of allylic oxidation sites excluding steroid dienone is 1. The zero-order valence-corrected chi connectivity index (χ0v) is 18.2. The number of Topliss-reactive ketones (excluding diaryl/α,β-unsaturated/α-hetero) is 1. The Bertz CT molecular complexity index is 1170. The molecule has 1 aromatic heterocycles. The average Bonchev–Trinajstić information content (AvgIpc) is 3.21. The summed E-state index contributed by atoms with van der Waals surface area (Å²) >= 11 is 1.40. The third-order valence-corrected chi connectivity index (χ3v) is 5.75. The number of ketones is 1. The molecular weight excluding hydrogens is 415 g/mol. The van der Waals surface area contributed by atoms with Gasteiger partial charge in [-0.25, -0.2) is 9.38 Å². The summed E-state index contributed by atoms with van der Waals surface area (Å²) in [5.74, 6) is 0.952. The molecule has 0 fully saturated rings. The molecule has 158 valence electrons. The van der Waals surface area contributed by atoms with Gasteiger partial charge >= 0.3 is 0 Å². The Labute approximate surface area is 183 Å². The summed E-state index contributed by atoms with van der Waals surface area (Å²) in [5.41, 5.74) is 4.07. The lowest BCUT2D eigenvalue weighted by Gasteiger charge is -2.25. The number of carbonyl (C=O) groups is 1. The van der Waals surface area contributed by atoms with Crippen LogP contribution in [0.4, 0.5) is 4.39 Å². The van der Waals surface area contributed by atoms with Crippen LogP contribution in [-0.4, -0.2) is 21.1 Å². The predicted molar refractivity (Wildman–Crippen MR) is 119 cm³/mol. The largest absolute Gasteiger partial charge is 0.420 e. The molecule has 1 unspecified atom stereocenters. The van der Waals surface area contributed by atoms with Gasteiger partial charge in [0, 0.05) is 16.8 Å². The standard InChI is InChI=1S/C23H21FN4O2S/c1-13-4-6-17(7-5-13)22-28-27-19(30-22)12-31-23-25-14(2)20(15(3)29)21(26-23)16-8-10-18(24)11-9-16/h4-11,21H,12H2,1-3H3,(H,25,26). The third kappa shape index (κ3) is 4.74. The maximum atomic E-state index is 13.4. The molecule has 0 spiro atoms. The van der Waals surface area contributed by atoms with Crippen LogP contribution in [0.25, 0.3) is 11.5 Å². The summed E-state index contributed by atoms with van der Waals surface area (Å²) in [5, 5.41) is 12.1. The molecule has 8 heteroatoms. The van der Waals surface area contributed by atoms with Crippen LogP contribution in [0.2, 0.25) is 0 Å². The Morgan fingerprint density at radius 2 is 1.81 bits per heavy atom. The van der Waals surface area contributed by atoms with Crippen molar-refractivity contribution in [3.05, 3.63) is 82.6 Å². The van der Waals surface area contributed by atoms with Crippen LogP contribution in [0.15, 0.2) is 69.2 Å². The number of thioether (sulfide) groups is 1. The molecule has 1 atom stereocenters. The number of carbonyl (C=O) groups excluding carboxylic acids is 1. The highest BCUT2D eigenvalue weighted by Crippen LogP contribution is 2.33. The first-order valence-electron chi connectivity index (χ1n) is 9.75. The molecule has 1 aliphatic heterocycles. The summed E-state index contributed by atoms with van der Waals surface area (Å²) in [6, 6.07) is 13.4. The van der Waals surface area contributed by atoms with Crippen molar-refractivity contribution < 1.29 is 13.6 Å². The van der Waals surface area contributed by atoms with Crippen molar-refractivity contribution in [3.8, 4) is 11.5 Å². The first-order chi connectivity index (χ1) is 14.9. The first kappa shape index (κ1) is 21.0. The van der Waals surface area contributed by atoms with Gasteiger partial charge in [0.05, 0.1) is 5.75 Å². The second-order valence-corrected chi connectivity index (χ2v) is 8.23. The van der Waals surface area contributed by atoms with Crippen LogP contribution in [0, 0.1) is 12.7 Å². The number of nitrogens with zero attached hydrogens (tertiary/aromatic N) is 3. The highest BCUT2D eigenvalue weighted by Gasteiger charge is 2.27. The normalized spacial score (nSPS) is 16.1. The summed E-state index contributed by atoms with van der Waals surface area (Å²) in [7, 11) is 0. The average molecular weight is 437 g/mol. The van der Waals surface area contributed by atoms with E-state index in [-0.39, 0.29) is 11.6 Å². The number of aliphatic imine (C=N–C) groups is 1. The maximum absolute atomic E-state index is 13.4. The molecule has 0 saturated carbocycles. The van der Waals surface area contributed by atoms with Crippen molar-refractivity contribution in [3.63, 3.8) is 0 Å². The second kappa shape index (κ2) is 8.85. The van der Waals surface area contributed by atoms with E-state index in [4.69, 9.17) is 9.41 Å². The van der Waals surface area contributed by atoms with E-state index in [9.17, 15) is 9.18 Å². The van der Waals surface area contributed by atoms with E-state index in [1.54, 1.807) is 12.1 Å². The van der Waals surface area contributed by atoms with E-state index in [2.05, 4.69) is 15.5 Å². The van der Waals surface area contributed by atoms with E-state index in [1.165, 1.54) is 30.8 Å². The van der Waals surface area contributed by atoms with E-state index < -0.39 is 6.04 Å². The molecule has 4 rings (SSSR count). The molecule has 6 nitrogen and oxygen atoms in total. The number of amidine groups is 1. The second-order valence-electron chi connectivity index (χ2n) is 7.26. The van der Waals surface area contributed by atoms with Gasteiger partial charge < -0.3 is 9.73 Å². The van der Waals surface area contributed by atoms with Crippen LogP contribution in [0.3, 0.4) is 0 Å². The van der Waals surface area contributed by atoms with Crippen LogP contribution in [-0.2, 0) is 10.5 Å². The van der Waals surface area contributed by atoms with Crippen LogP contribution < -0.4 is 5.32 Å². The summed E-state index contributed by atoms with van der Waals surface area (Å²) in [6.07, 6.45) is 0. The number of aromatic nitrogens is 2. The Hall–Kier alpha value is -3.26. The molecule has 0 amide bonds. The lowest BCUT2D eigenvalue weighted by molar-refractivity contribution is -0.113. The van der Waals surface area contributed by atoms with E-state index in [0.29, 0.717) is 28.3 Å². The quantitative estimate of drug-likeness (QED) is 0.608. The third-order valence-electron chi connectivity index (χ3n) is 4.88. The molecule has 31 heavy (non-hydrogen) atoms. The number of nitrogens with one attached hydrogen (secondary N) is 1. The minimum atomic E-state index is -0.493. The molecule has 2 aromatic carbocycles. The fraction of sp³-hybridized carbons (Fsp3) is 0.217. The molecule has 0 bridgehead atoms. The highest BCUT2D eigenvalue weighted by atomic mass is 32.2. The Balaban J connectivity index is 1.52. The fourth-order valence-electron chi connectivity index (χ4n) is 3.32. The molecule has 1 N–H and O–H groups in total. The topological polar surface area (TPSA) is 80.4 Å². The summed E-state index contributed by atoms with van der Waals surface area (Å²) < 4.78 is 19.1. The number of benzene rings is 2. The lowest BCUT2D eigenvalue weighted by Crippen LogP contribution is -2.29. The molecule has 1 aliphatic rings. The van der Waals surface area contributed by atoms with Crippen molar-refractivity contribution in [2.75, 3.05) is 0 Å². The minimum absolute atomic E-state index is 0.0771. The Kier molecular flexibility index (Phi) is 5.99. The number of halogens is 1. The lowest BCUT2D eigenvalue weighted by atomic mass is 9.94. The zero-order valence-electron chi connectivity index (χ0n) is 17.3. The number of hydrogen-bond acceptors (Lipinski definition) is 7. The molecule has 0 saturated heterocycles. The van der Waals surface area contributed by atoms with E-state index in [1.807, 2.05) is 38.1 Å². The summed E-state index contributed by atoms with van der Waals surface area (Å²) in [4.78, 5) is 16.9. The van der Waals surface area contributed by atoms with Crippen LogP contribution >= 0.6 is 11.8 Å². The Morgan fingerprint density at radius 3 is 2.48 bits per heavy atom. The SMILES string of the molecule is CC(=O)C1=C(C)NC(SCc2nnc(-c3ccc(C)cc3)o2)=NC1c1ccc(F)cc1. The van der Waals surface area contributed by atoms with Gasteiger partial charge in [0.15, 0.2) is 11.0 Å². The van der Waals surface area contributed by atoms with Gasteiger partial charge in [-0.05, 0) is 50.6 Å². The maximum Gasteiger partial charge on any atom is 0.247 e. The fourth-order valence-corrected chi connectivity index (χ4v) is 4.10. The molecule has 3 aromatic rings. The van der Waals surface area contributed by atoms with Crippen molar-refractivity contribution in [2.24, 2.45) is 4.99 Å². The van der Waals surface area contributed by atoms with Crippen molar-refractivity contribution in [2.45, 2.75) is 32.6 Å². The molecule has 0 radical (unpaired) electrons. The molecule has 0 aliphatic carbocycles. The van der Waals surface area contributed by atoms with E-state index in [0.717, 1.165) is 22.4 Å². The number of rotatable bonds is 5. The highest BCUT2D eigenvalue weighted by molar-refractivity contribution is 8.13. The molecular formula is C23H21FN4O2S. The smallest absolute Gasteiger partial charge is 0.247 e. The van der Waals surface area contributed by atoms with Crippen LogP contribution in [0.1, 0.15) is 36.9 Å². The van der Waals surface area contributed by atoms with Crippen molar-refractivity contribution in [1.29, 1.82) is 0 Å². The van der Waals surface area contributed by atoms with Crippen LogP contribution in [0.5, 0.6) is 0 Å². The number of aryl methyl sites for hydroxylation is 1. The monoisotopic (exact) mass is 436 g/mol. The first-order valence-corrected chi connectivity index (χ1v) is 10.7. The minimum Gasteiger partial charge on any atom is -0.420 e. The molecule has 2 heterocycles. The summed E-state index contributed by atoms with van der Waals surface area (Å²) in [6.45, 7) is 5.37. The van der Waals surface area contributed by atoms with Gasteiger partial charge in [-0.3, -0.25) is 4.79 Å². The predicted octanol–water partition coefficient (Wildman–Crippen LogP) is 4.98. The van der Waals surface area contributed by atoms with Gasteiger partial charge in [0.1, 0.15) is 11.9 Å². The Morgan fingerprint density at radius 1 is 1.10 bits per heavy atom. The van der Waals surface area contributed by atoms with E-state index >= 15 is 0 Å². The zero-order chi connectivity index (χ0) is 22.0. The van der Waals surface area contributed by atoms with Gasteiger partial charge in [0.2, 0.25) is 11.8 Å². The number of hydrogen-bond donors (Lipinski definition) is 1. The van der Waals surface area contributed by atoms with Gasteiger partial charge in [-0.15, -0.1) is 10.2 Å².